The minimum absolute atomic E-state index is 0.0799. The number of nitrogens with one attached hydrogen (secondary N) is 2. The normalized spacial score (nSPS) is 16.4. The van der Waals surface area contributed by atoms with Crippen molar-refractivity contribution in [3.63, 3.8) is 0 Å². The lowest BCUT2D eigenvalue weighted by molar-refractivity contribution is -0.125. The van der Waals surface area contributed by atoms with Crippen LogP contribution in [-0.4, -0.2) is 62.7 Å². The molecule has 1 atom stereocenters. The van der Waals surface area contributed by atoms with Gasteiger partial charge in [0.1, 0.15) is 5.82 Å². The molecule has 24 heavy (non-hydrogen) atoms. The second-order valence-electron chi connectivity index (χ2n) is 5.50. The predicted octanol–water partition coefficient (Wildman–Crippen LogP) is -0.610. The number of ether oxygens (including phenoxy) is 1. The molecule has 0 bridgehead atoms. The lowest BCUT2D eigenvalue weighted by Gasteiger charge is -2.35. The van der Waals surface area contributed by atoms with Crippen LogP contribution >= 0.6 is 0 Å². The third kappa shape index (κ3) is 5.55. The van der Waals surface area contributed by atoms with Gasteiger partial charge < -0.3 is 21.1 Å². The van der Waals surface area contributed by atoms with Gasteiger partial charge in [-0.2, -0.15) is 0 Å². The largest absolute Gasteiger partial charge is 0.379 e. The highest BCUT2D eigenvalue weighted by Crippen LogP contribution is 2.21. The summed E-state index contributed by atoms with van der Waals surface area (Å²) in [5.74, 6) is -0.974. The molecule has 4 N–H and O–H groups in total. The smallest absolute Gasteiger partial charge is 0.239 e. The van der Waals surface area contributed by atoms with Gasteiger partial charge in [-0.1, -0.05) is 12.1 Å². The summed E-state index contributed by atoms with van der Waals surface area (Å²) in [7, 11) is 0. The number of hydrogen-bond donors (Lipinski definition) is 3. The van der Waals surface area contributed by atoms with Crippen molar-refractivity contribution < 1.29 is 18.7 Å². The molecule has 1 unspecified atom stereocenters. The average molecular weight is 338 g/mol. The Hall–Kier alpha value is -2.03. The van der Waals surface area contributed by atoms with Gasteiger partial charge in [-0.3, -0.25) is 14.5 Å². The monoisotopic (exact) mass is 338 g/mol. The molecule has 0 aliphatic carbocycles. The Morgan fingerprint density at radius 3 is 2.46 bits per heavy atom. The van der Waals surface area contributed by atoms with Crippen molar-refractivity contribution in [2.45, 2.75) is 6.04 Å². The highest BCUT2D eigenvalue weighted by atomic mass is 19.1. The molecule has 8 heteroatoms. The van der Waals surface area contributed by atoms with Crippen molar-refractivity contribution in [3.05, 3.63) is 35.6 Å². The summed E-state index contributed by atoms with van der Waals surface area (Å²) in [5, 5.41) is 5.23. The fourth-order valence-electron chi connectivity index (χ4n) is 2.56. The molecule has 1 saturated heterocycles. The van der Waals surface area contributed by atoms with Gasteiger partial charge in [0.15, 0.2) is 0 Å². The summed E-state index contributed by atoms with van der Waals surface area (Å²) in [6.45, 7) is 2.82. The first-order valence-corrected chi connectivity index (χ1v) is 7.91. The third-order valence-electron chi connectivity index (χ3n) is 3.87. The van der Waals surface area contributed by atoms with Crippen molar-refractivity contribution in [1.82, 2.24) is 15.5 Å². The molecule has 2 rings (SSSR count). The molecule has 2 amide bonds. The summed E-state index contributed by atoms with van der Waals surface area (Å²) < 4.78 is 18.5. The van der Waals surface area contributed by atoms with Gasteiger partial charge in [0.05, 0.1) is 32.3 Å². The highest BCUT2D eigenvalue weighted by molar-refractivity contribution is 5.85. The standard InChI is InChI=1S/C16H23FN4O3/c17-13-3-1-12(2-4-13)14(21-5-7-24-8-6-21)10-19-16(23)11-20-15(22)9-18/h1-4,14H,5-11,18H2,(H,19,23)(H,20,22). The van der Waals surface area contributed by atoms with E-state index in [0.717, 1.165) is 18.7 Å². The van der Waals surface area contributed by atoms with Gasteiger partial charge in [-0.25, -0.2) is 4.39 Å². The Labute approximate surface area is 140 Å². The van der Waals surface area contributed by atoms with E-state index in [1.807, 2.05) is 0 Å². The van der Waals surface area contributed by atoms with Crippen LogP contribution in [0.15, 0.2) is 24.3 Å². The Balaban J connectivity index is 1.96. The Kier molecular flexibility index (Phi) is 7.10. The molecule has 1 aliphatic heterocycles. The molecule has 0 spiro atoms. The minimum Gasteiger partial charge on any atom is -0.379 e. The van der Waals surface area contributed by atoms with E-state index in [-0.39, 0.29) is 36.8 Å². The van der Waals surface area contributed by atoms with E-state index in [2.05, 4.69) is 15.5 Å². The Bertz CT molecular complexity index is 547. The Morgan fingerprint density at radius 1 is 1.17 bits per heavy atom. The van der Waals surface area contributed by atoms with Gasteiger partial charge in [-0.05, 0) is 17.7 Å². The first-order valence-electron chi connectivity index (χ1n) is 7.91. The van der Waals surface area contributed by atoms with E-state index in [1.54, 1.807) is 12.1 Å². The van der Waals surface area contributed by atoms with Crippen LogP contribution in [0.1, 0.15) is 11.6 Å². The second kappa shape index (κ2) is 9.31. The van der Waals surface area contributed by atoms with Gasteiger partial charge in [0, 0.05) is 19.6 Å². The number of nitrogens with two attached hydrogens (primary N) is 1. The number of benzene rings is 1. The average Bonchev–Trinajstić information content (AvgIpc) is 2.62. The van der Waals surface area contributed by atoms with Crippen molar-refractivity contribution >= 4 is 11.8 Å². The summed E-state index contributed by atoms with van der Waals surface area (Å²) in [5.41, 5.74) is 6.09. The number of amides is 2. The van der Waals surface area contributed by atoms with Crippen LogP contribution in [0.4, 0.5) is 4.39 Å². The zero-order valence-electron chi connectivity index (χ0n) is 13.5. The number of carbonyl (C=O) groups is 2. The topological polar surface area (TPSA) is 96.7 Å². The van der Waals surface area contributed by atoms with Crippen molar-refractivity contribution in [1.29, 1.82) is 0 Å². The maximum absolute atomic E-state index is 13.2. The van der Waals surface area contributed by atoms with E-state index in [4.69, 9.17) is 10.5 Å². The minimum atomic E-state index is -0.381. The molecule has 7 nitrogen and oxygen atoms in total. The zero-order valence-corrected chi connectivity index (χ0v) is 13.5. The van der Waals surface area contributed by atoms with Crippen LogP contribution < -0.4 is 16.4 Å². The number of halogens is 1. The van der Waals surface area contributed by atoms with Crippen LogP contribution in [0.2, 0.25) is 0 Å². The Morgan fingerprint density at radius 2 is 1.83 bits per heavy atom. The van der Waals surface area contributed by atoms with Gasteiger partial charge in [-0.15, -0.1) is 0 Å². The summed E-state index contributed by atoms with van der Waals surface area (Å²) in [6, 6.07) is 6.18. The third-order valence-corrected chi connectivity index (χ3v) is 3.87. The first kappa shape index (κ1) is 18.3. The van der Waals surface area contributed by atoms with Gasteiger partial charge >= 0.3 is 0 Å². The zero-order chi connectivity index (χ0) is 17.4. The number of rotatable bonds is 7. The van der Waals surface area contributed by atoms with Crippen LogP contribution in [0.25, 0.3) is 0 Å². The molecule has 132 valence electrons. The maximum atomic E-state index is 13.2. The maximum Gasteiger partial charge on any atom is 0.239 e. The lowest BCUT2D eigenvalue weighted by Crippen LogP contribution is -2.46. The number of hydrogen-bond acceptors (Lipinski definition) is 5. The molecular weight excluding hydrogens is 315 g/mol. The molecule has 0 aromatic heterocycles. The van der Waals surface area contributed by atoms with Crippen LogP contribution in [-0.2, 0) is 14.3 Å². The van der Waals surface area contributed by atoms with E-state index in [0.29, 0.717) is 19.8 Å². The van der Waals surface area contributed by atoms with Gasteiger partial charge in [0.25, 0.3) is 0 Å². The van der Waals surface area contributed by atoms with Crippen molar-refractivity contribution in [2.24, 2.45) is 5.73 Å². The van der Waals surface area contributed by atoms with E-state index in [9.17, 15) is 14.0 Å². The molecule has 1 aromatic carbocycles. The van der Waals surface area contributed by atoms with Crippen molar-refractivity contribution in [3.8, 4) is 0 Å². The summed E-state index contributed by atoms with van der Waals surface area (Å²) in [6.07, 6.45) is 0. The van der Waals surface area contributed by atoms with Crippen LogP contribution in [0.3, 0.4) is 0 Å². The molecule has 1 fully saturated rings. The molecule has 1 aromatic rings. The molecule has 0 saturated carbocycles. The highest BCUT2D eigenvalue weighted by Gasteiger charge is 2.23. The fraction of sp³-hybridized carbons (Fsp3) is 0.500. The molecular formula is C16H23FN4O3. The van der Waals surface area contributed by atoms with Crippen LogP contribution in [0, 0.1) is 5.82 Å². The van der Waals surface area contributed by atoms with Crippen LogP contribution in [0.5, 0.6) is 0 Å². The van der Waals surface area contributed by atoms with E-state index < -0.39 is 0 Å². The number of morpholine rings is 1. The quantitative estimate of drug-likeness (QED) is 0.616. The first-order chi connectivity index (χ1) is 11.6. The van der Waals surface area contributed by atoms with Gasteiger partial charge in [0.2, 0.25) is 11.8 Å². The van der Waals surface area contributed by atoms with E-state index >= 15 is 0 Å². The van der Waals surface area contributed by atoms with E-state index in [1.165, 1.54) is 12.1 Å². The predicted molar refractivity (Wildman–Crippen MR) is 86.6 cm³/mol. The fourth-order valence-corrected chi connectivity index (χ4v) is 2.56. The number of nitrogens with zero attached hydrogens (tertiary/aromatic N) is 1. The lowest BCUT2D eigenvalue weighted by atomic mass is 10.0. The summed E-state index contributed by atoms with van der Waals surface area (Å²) in [4.78, 5) is 25.1. The second-order valence-corrected chi connectivity index (χ2v) is 5.50. The SMILES string of the molecule is NCC(=O)NCC(=O)NCC(c1ccc(F)cc1)N1CCOCC1. The molecule has 1 heterocycles. The van der Waals surface area contributed by atoms with Crippen molar-refractivity contribution in [2.75, 3.05) is 45.9 Å². The molecule has 1 aliphatic rings. The number of carbonyl (C=O) groups excluding carboxylic acids is 2. The molecule has 0 radical (unpaired) electrons. The summed E-state index contributed by atoms with van der Waals surface area (Å²) >= 11 is 0.